The second-order valence-corrected chi connectivity index (χ2v) is 5.48. The van der Waals surface area contributed by atoms with Gasteiger partial charge in [0.2, 0.25) is 0 Å². The summed E-state index contributed by atoms with van der Waals surface area (Å²) in [6, 6.07) is 7.30. The van der Waals surface area contributed by atoms with Crippen LogP contribution in [0.15, 0.2) is 35.6 Å². The summed E-state index contributed by atoms with van der Waals surface area (Å²) >= 11 is 5.85. The van der Waals surface area contributed by atoms with Crippen LogP contribution < -0.4 is 15.4 Å². The molecule has 7 nitrogen and oxygen atoms in total. The van der Waals surface area contributed by atoms with Crippen molar-refractivity contribution < 1.29 is 4.74 Å². The van der Waals surface area contributed by atoms with Crippen LogP contribution in [0.2, 0.25) is 5.02 Å². The molecule has 0 radical (unpaired) electrons. The Morgan fingerprint density at radius 1 is 1.35 bits per heavy atom. The molecule has 1 atom stereocenters. The Kier molecular flexibility index (Phi) is 6.22. The molecule has 0 aliphatic heterocycles. The van der Waals surface area contributed by atoms with Crippen molar-refractivity contribution in [2.24, 2.45) is 12.0 Å². The molecule has 0 spiro atoms. The number of aryl methyl sites for hydroxylation is 1. The molecule has 1 heterocycles. The molecule has 0 fully saturated rings. The molecule has 0 amide bonds. The largest absolute Gasteiger partial charge is 0.489 e. The minimum absolute atomic E-state index is 0.0236. The number of hydrogen-bond donors (Lipinski definition) is 2. The van der Waals surface area contributed by atoms with Gasteiger partial charge in [0, 0.05) is 19.1 Å². The molecule has 0 saturated heterocycles. The van der Waals surface area contributed by atoms with Gasteiger partial charge >= 0.3 is 0 Å². The predicted octanol–water partition coefficient (Wildman–Crippen LogP) is 1.60. The molecule has 1 aromatic carbocycles. The lowest BCUT2D eigenvalue weighted by atomic mass is 10.3. The number of hydrogen-bond acceptors (Lipinski definition) is 4. The Bertz CT molecular complexity index is 640. The van der Waals surface area contributed by atoms with Crippen LogP contribution in [0, 0.1) is 0 Å². The monoisotopic (exact) mass is 336 g/mol. The van der Waals surface area contributed by atoms with E-state index in [-0.39, 0.29) is 6.10 Å². The van der Waals surface area contributed by atoms with Gasteiger partial charge < -0.3 is 19.9 Å². The first-order valence-corrected chi connectivity index (χ1v) is 7.66. The zero-order valence-electron chi connectivity index (χ0n) is 13.5. The summed E-state index contributed by atoms with van der Waals surface area (Å²) in [5.41, 5.74) is 0. The van der Waals surface area contributed by atoms with Crippen molar-refractivity contribution >= 4 is 17.6 Å². The number of ether oxygens (including phenoxy) is 1. The molecule has 2 rings (SSSR count). The highest BCUT2D eigenvalue weighted by Gasteiger charge is 2.07. The maximum absolute atomic E-state index is 5.85. The van der Waals surface area contributed by atoms with Crippen LogP contribution in [0.1, 0.15) is 12.7 Å². The normalized spacial score (nSPS) is 12.8. The molecule has 124 valence electrons. The van der Waals surface area contributed by atoms with Crippen molar-refractivity contribution in [1.82, 2.24) is 25.4 Å². The predicted molar refractivity (Wildman–Crippen MR) is 90.7 cm³/mol. The van der Waals surface area contributed by atoms with Gasteiger partial charge in [-0.1, -0.05) is 11.6 Å². The highest BCUT2D eigenvalue weighted by Crippen LogP contribution is 2.16. The SMILES string of the molecule is CN=C(NCc1nncn1C)NCC(C)Oc1ccc(Cl)cc1. The third kappa shape index (κ3) is 5.45. The fourth-order valence-electron chi connectivity index (χ4n) is 1.88. The van der Waals surface area contributed by atoms with Crippen LogP contribution in [0.3, 0.4) is 0 Å². The van der Waals surface area contributed by atoms with Crippen LogP contribution in [0.5, 0.6) is 5.75 Å². The van der Waals surface area contributed by atoms with E-state index in [2.05, 4.69) is 25.8 Å². The summed E-state index contributed by atoms with van der Waals surface area (Å²) in [5, 5.41) is 14.9. The van der Waals surface area contributed by atoms with Crippen molar-refractivity contribution in [1.29, 1.82) is 0 Å². The van der Waals surface area contributed by atoms with Crippen LogP contribution in [0.25, 0.3) is 0 Å². The van der Waals surface area contributed by atoms with Crippen molar-refractivity contribution in [2.45, 2.75) is 19.6 Å². The number of benzene rings is 1. The Labute approximate surface area is 140 Å². The number of nitrogens with zero attached hydrogens (tertiary/aromatic N) is 4. The second-order valence-electron chi connectivity index (χ2n) is 5.05. The fourth-order valence-corrected chi connectivity index (χ4v) is 2.00. The van der Waals surface area contributed by atoms with Crippen molar-refractivity contribution in [2.75, 3.05) is 13.6 Å². The first kappa shape index (κ1) is 17.1. The van der Waals surface area contributed by atoms with Crippen molar-refractivity contribution in [3.63, 3.8) is 0 Å². The number of aliphatic imine (C=N–C) groups is 1. The van der Waals surface area contributed by atoms with Crippen LogP contribution in [-0.4, -0.2) is 40.4 Å². The van der Waals surface area contributed by atoms with E-state index < -0.39 is 0 Å². The van der Waals surface area contributed by atoms with E-state index in [1.54, 1.807) is 25.5 Å². The molecule has 2 N–H and O–H groups in total. The van der Waals surface area contributed by atoms with Gasteiger partial charge in [0.1, 0.15) is 18.2 Å². The summed E-state index contributed by atoms with van der Waals surface area (Å²) in [5.74, 6) is 2.30. The van der Waals surface area contributed by atoms with Gasteiger partial charge in [0.05, 0.1) is 13.1 Å². The van der Waals surface area contributed by atoms with Crippen molar-refractivity contribution in [3.05, 3.63) is 41.4 Å². The van der Waals surface area contributed by atoms with E-state index in [1.807, 2.05) is 30.7 Å². The Balaban J connectivity index is 1.76. The van der Waals surface area contributed by atoms with Gasteiger partial charge in [0.15, 0.2) is 11.8 Å². The third-order valence-corrected chi connectivity index (χ3v) is 3.40. The molecular weight excluding hydrogens is 316 g/mol. The molecule has 23 heavy (non-hydrogen) atoms. The summed E-state index contributed by atoms with van der Waals surface area (Å²) in [6.07, 6.45) is 1.64. The zero-order chi connectivity index (χ0) is 16.7. The second kappa shape index (κ2) is 8.38. The van der Waals surface area contributed by atoms with E-state index in [0.29, 0.717) is 24.1 Å². The smallest absolute Gasteiger partial charge is 0.191 e. The van der Waals surface area contributed by atoms with E-state index >= 15 is 0 Å². The zero-order valence-corrected chi connectivity index (χ0v) is 14.2. The van der Waals surface area contributed by atoms with Gasteiger partial charge in [-0.25, -0.2) is 0 Å². The van der Waals surface area contributed by atoms with E-state index in [0.717, 1.165) is 11.6 Å². The summed E-state index contributed by atoms with van der Waals surface area (Å²) in [4.78, 5) is 4.17. The van der Waals surface area contributed by atoms with Gasteiger partial charge in [-0.3, -0.25) is 4.99 Å². The van der Waals surface area contributed by atoms with E-state index in [1.165, 1.54) is 0 Å². The quantitative estimate of drug-likeness (QED) is 0.619. The van der Waals surface area contributed by atoms with Gasteiger partial charge in [0.25, 0.3) is 0 Å². The topological polar surface area (TPSA) is 76.4 Å². The first-order chi connectivity index (χ1) is 11.1. The Morgan fingerprint density at radius 2 is 2.09 bits per heavy atom. The summed E-state index contributed by atoms with van der Waals surface area (Å²) in [6.45, 7) is 3.14. The van der Waals surface area contributed by atoms with Gasteiger partial charge in [-0.15, -0.1) is 10.2 Å². The Hall–Kier alpha value is -2.28. The molecular formula is C15H21ClN6O. The minimum Gasteiger partial charge on any atom is -0.489 e. The highest BCUT2D eigenvalue weighted by atomic mass is 35.5. The maximum Gasteiger partial charge on any atom is 0.191 e. The molecule has 0 bridgehead atoms. The average molecular weight is 337 g/mol. The average Bonchev–Trinajstić information content (AvgIpc) is 2.95. The van der Waals surface area contributed by atoms with Crippen LogP contribution >= 0.6 is 11.6 Å². The summed E-state index contributed by atoms with van der Waals surface area (Å²) < 4.78 is 7.66. The van der Waals surface area contributed by atoms with Gasteiger partial charge in [-0.05, 0) is 31.2 Å². The lowest BCUT2D eigenvalue weighted by molar-refractivity contribution is 0.224. The first-order valence-electron chi connectivity index (χ1n) is 7.28. The lowest BCUT2D eigenvalue weighted by Crippen LogP contribution is -2.41. The van der Waals surface area contributed by atoms with E-state index in [4.69, 9.17) is 16.3 Å². The number of rotatable bonds is 6. The minimum atomic E-state index is -0.0236. The molecule has 0 aliphatic carbocycles. The van der Waals surface area contributed by atoms with Gasteiger partial charge in [-0.2, -0.15) is 0 Å². The van der Waals surface area contributed by atoms with Crippen LogP contribution in [-0.2, 0) is 13.6 Å². The molecule has 1 aromatic heterocycles. The maximum atomic E-state index is 5.85. The highest BCUT2D eigenvalue weighted by molar-refractivity contribution is 6.30. The summed E-state index contributed by atoms with van der Waals surface area (Å²) in [7, 11) is 3.62. The third-order valence-electron chi connectivity index (χ3n) is 3.15. The molecule has 0 saturated carbocycles. The lowest BCUT2D eigenvalue weighted by Gasteiger charge is -2.17. The molecule has 1 unspecified atom stereocenters. The Morgan fingerprint density at radius 3 is 2.70 bits per heavy atom. The number of nitrogens with one attached hydrogen (secondary N) is 2. The standard InChI is InChI=1S/C15H21ClN6O/c1-11(23-13-6-4-12(16)5-7-13)8-18-15(17-2)19-9-14-21-20-10-22(14)3/h4-7,10-11H,8-9H2,1-3H3,(H2,17,18,19). The molecule has 0 aliphatic rings. The number of aromatic nitrogens is 3. The molecule has 8 heteroatoms. The van der Waals surface area contributed by atoms with Crippen molar-refractivity contribution in [3.8, 4) is 5.75 Å². The van der Waals surface area contributed by atoms with Crippen LogP contribution in [0.4, 0.5) is 0 Å². The van der Waals surface area contributed by atoms with E-state index in [9.17, 15) is 0 Å². The number of guanidine groups is 1. The molecule has 2 aromatic rings. The fraction of sp³-hybridized carbons (Fsp3) is 0.400. The number of halogens is 1.